The average Bonchev–Trinajstić information content (AvgIpc) is 3.07. The average molecular weight is 269 g/mol. The van der Waals surface area contributed by atoms with Gasteiger partial charge in [0.15, 0.2) is 0 Å². The van der Waals surface area contributed by atoms with Crippen molar-refractivity contribution in [3.8, 4) is 6.07 Å². The normalized spacial score (nSPS) is 28.8. The van der Waals surface area contributed by atoms with Crippen molar-refractivity contribution in [1.29, 1.82) is 5.26 Å². The SMILES string of the molecule is N#CC(N)(CCN1CC2CCCC2C1)c1ccccc1. The Morgan fingerprint density at radius 2 is 1.85 bits per heavy atom. The molecule has 0 bridgehead atoms. The van der Waals surface area contributed by atoms with Gasteiger partial charge in [0.25, 0.3) is 0 Å². The molecule has 106 valence electrons. The Morgan fingerprint density at radius 3 is 2.45 bits per heavy atom. The van der Waals surface area contributed by atoms with Gasteiger partial charge in [-0.2, -0.15) is 5.26 Å². The molecule has 1 saturated carbocycles. The maximum Gasteiger partial charge on any atom is 0.131 e. The Labute approximate surface area is 121 Å². The third kappa shape index (κ3) is 2.59. The predicted molar refractivity (Wildman–Crippen MR) is 79.8 cm³/mol. The van der Waals surface area contributed by atoms with Crippen molar-refractivity contribution in [2.45, 2.75) is 31.2 Å². The molecule has 3 rings (SSSR count). The van der Waals surface area contributed by atoms with E-state index in [0.717, 1.165) is 23.9 Å². The fourth-order valence-corrected chi connectivity index (χ4v) is 3.85. The highest BCUT2D eigenvalue weighted by Crippen LogP contribution is 2.38. The van der Waals surface area contributed by atoms with E-state index in [9.17, 15) is 5.26 Å². The molecule has 1 aliphatic carbocycles. The van der Waals surface area contributed by atoms with Gasteiger partial charge >= 0.3 is 0 Å². The van der Waals surface area contributed by atoms with Crippen molar-refractivity contribution in [2.75, 3.05) is 19.6 Å². The highest BCUT2D eigenvalue weighted by Gasteiger charge is 2.37. The minimum Gasteiger partial charge on any atom is -0.310 e. The van der Waals surface area contributed by atoms with Gasteiger partial charge in [-0.3, -0.25) is 0 Å². The van der Waals surface area contributed by atoms with E-state index in [1.165, 1.54) is 32.4 Å². The summed E-state index contributed by atoms with van der Waals surface area (Å²) >= 11 is 0. The lowest BCUT2D eigenvalue weighted by Gasteiger charge is -2.25. The molecule has 1 aliphatic heterocycles. The molecular formula is C17H23N3. The summed E-state index contributed by atoms with van der Waals surface area (Å²) in [5.74, 6) is 1.81. The molecule has 1 aromatic carbocycles. The summed E-state index contributed by atoms with van der Waals surface area (Å²) in [6.07, 6.45) is 4.91. The Kier molecular flexibility index (Phi) is 3.78. The number of nitrogens with zero attached hydrogens (tertiary/aromatic N) is 2. The van der Waals surface area contributed by atoms with Crippen LogP contribution in [0.2, 0.25) is 0 Å². The highest BCUT2D eigenvalue weighted by molar-refractivity contribution is 5.30. The van der Waals surface area contributed by atoms with Crippen LogP contribution in [0.4, 0.5) is 0 Å². The molecule has 1 aromatic rings. The van der Waals surface area contributed by atoms with Crippen LogP contribution in [0.15, 0.2) is 30.3 Å². The topological polar surface area (TPSA) is 53.1 Å². The van der Waals surface area contributed by atoms with Crippen molar-refractivity contribution in [3.05, 3.63) is 35.9 Å². The molecule has 0 radical (unpaired) electrons. The van der Waals surface area contributed by atoms with Gasteiger partial charge in [0.1, 0.15) is 5.54 Å². The minimum atomic E-state index is -0.848. The van der Waals surface area contributed by atoms with Crippen molar-refractivity contribution in [2.24, 2.45) is 17.6 Å². The number of fused-ring (bicyclic) bond motifs is 1. The fourth-order valence-electron chi connectivity index (χ4n) is 3.85. The van der Waals surface area contributed by atoms with Gasteiger partial charge < -0.3 is 10.6 Å². The third-order valence-corrected chi connectivity index (χ3v) is 5.11. The van der Waals surface area contributed by atoms with Crippen LogP contribution in [0.3, 0.4) is 0 Å². The Morgan fingerprint density at radius 1 is 1.20 bits per heavy atom. The predicted octanol–water partition coefficient (Wildman–Crippen LogP) is 2.49. The van der Waals surface area contributed by atoms with Crippen molar-refractivity contribution < 1.29 is 0 Å². The largest absolute Gasteiger partial charge is 0.310 e. The fraction of sp³-hybridized carbons (Fsp3) is 0.588. The number of nitrogens with two attached hydrogens (primary N) is 1. The second-order valence-corrected chi connectivity index (χ2v) is 6.41. The quantitative estimate of drug-likeness (QED) is 0.913. The summed E-state index contributed by atoms with van der Waals surface area (Å²) in [7, 11) is 0. The molecule has 2 aliphatic rings. The van der Waals surface area contributed by atoms with Gasteiger partial charge in [-0.25, -0.2) is 0 Å². The van der Waals surface area contributed by atoms with Crippen LogP contribution in [0, 0.1) is 23.2 Å². The van der Waals surface area contributed by atoms with Gasteiger partial charge in [0.2, 0.25) is 0 Å². The summed E-state index contributed by atoms with van der Waals surface area (Å²) in [5.41, 5.74) is 6.41. The summed E-state index contributed by atoms with van der Waals surface area (Å²) in [6, 6.07) is 12.1. The van der Waals surface area contributed by atoms with E-state index in [2.05, 4.69) is 11.0 Å². The molecule has 0 amide bonds. The zero-order chi connectivity index (χ0) is 14.0. The Bertz CT molecular complexity index is 481. The Hall–Kier alpha value is -1.37. The van der Waals surface area contributed by atoms with Crippen LogP contribution in [0.1, 0.15) is 31.2 Å². The van der Waals surface area contributed by atoms with E-state index in [1.807, 2.05) is 30.3 Å². The maximum atomic E-state index is 9.48. The van der Waals surface area contributed by atoms with E-state index < -0.39 is 5.54 Å². The first kappa shape index (κ1) is 13.6. The molecule has 3 heteroatoms. The summed E-state index contributed by atoms with van der Waals surface area (Å²) in [4.78, 5) is 2.51. The molecule has 3 unspecified atom stereocenters. The van der Waals surface area contributed by atoms with Crippen LogP contribution >= 0.6 is 0 Å². The first-order chi connectivity index (χ1) is 9.71. The van der Waals surface area contributed by atoms with Gasteiger partial charge in [0, 0.05) is 19.6 Å². The second kappa shape index (κ2) is 5.55. The van der Waals surface area contributed by atoms with Crippen LogP contribution in [0.25, 0.3) is 0 Å². The zero-order valence-corrected chi connectivity index (χ0v) is 12.0. The molecule has 3 atom stereocenters. The molecule has 3 nitrogen and oxygen atoms in total. The molecule has 1 heterocycles. The van der Waals surface area contributed by atoms with Gasteiger partial charge in [-0.15, -0.1) is 0 Å². The number of hydrogen-bond donors (Lipinski definition) is 1. The van der Waals surface area contributed by atoms with Crippen LogP contribution in [-0.2, 0) is 5.54 Å². The van der Waals surface area contributed by atoms with E-state index in [1.54, 1.807) is 0 Å². The second-order valence-electron chi connectivity index (χ2n) is 6.41. The first-order valence-corrected chi connectivity index (χ1v) is 7.69. The zero-order valence-electron chi connectivity index (χ0n) is 12.0. The molecule has 20 heavy (non-hydrogen) atoms. The number of likely N-dealkylation sites (tertiary alicyclic amines) is 1. The summed E-state index contributed by atoms with van der Waals surface area (Å²) in [6.45, 7) is 3.36. The molecule has 0 aromatic heterocycles. The smallest absolute Gasteiger partial charge is 0.131 e. The number of nitriles is 1. The van der Waals surface area contributed by atoms with Gasteiger partial charge in [-0.1, -0.05) is 36.8 Å². The Balaban J connectivity index is 1.61. The monoisotopic (exact) mass is 269 g/mol. The van der Waals surface area contributed by atoms with Crippen LogP contribution < -0.4 is 5.73 Å². The van der Waals surface area contributed by atoms with Crippen LogP contribution in [-0.4, -0.2) is 24.5 Å². The minimum absolute atomic E-state index is 0.715. The molecule has 0 spiro atoms. The van der Waals surface area contributed by atoms with Crippen molar-refractivity contribution >= 4 is 0 Å². The molecular weight excluding hydrogens is 246 g/mol. The number of benzene rings is 1. The number of hydrogen-bond acceptors (Lipinski definition) is 3. The standard InChI is InChI=1S/C17H23N3/c18-13-17(19,16-7-2-1-3-8-16)9-10-20-11-14-5-4-6-15(14)12-20/h1-3,7-8,14-15H,4-6,9-12,19H2. The summed E-state index contributed by atoms with van der Waals surface area (Å²) in [5, 5.41) is 9.48. The molecule has 2 N–H and O–H groups in total. The number of rotatable bonds is 4. The lowest BCUT2D eigenvalue weighted by Crippen LogP contribution is -2.39. The first-order valence-electron chi connectivity index (χ1n) is 7.69. The third-order valence-electron chi connectivity index (χ3n) is 5.11. The lowest BCUT2D eigenvalue weighted by atomic mass is 9.89. The van der Waals surface area contributed by atoms with Crippen molar-refractivity contribution in [1.82, 2.24) is 4.90 Å². The van der Waals surface area contributed by atoms with E-state index in [0.29, 0.717) is 6.42 Å². The highest BCUT2D eigenvalue weighted by atomic mass is 15.2. The van der Waals surface area contributed by atoms with Gasteiger partial charge in [0.05, 0.1) is 6.07 Å². The van der Waals surface area contributed by atoms with Crippen molar-refractivity contribution in [3.63, 3.8) is 0 Å². The molecule has 2 fully saturated rings. The van der Waals surface area contributed by atoms with E-state index in [-0.39, 0.29) is 0 Å². The maximum absolute atomic E-state index is 9.48. The summed E-state index contributed by atoms with van der Waals surface area (Å²) < 4.78 is 0. The van der Waals surface area contributed by atoms with Gasteiger partial charge in [-0.05, 0) is 36.7 Å². The lowest BCUT2D eigenvalue weighted by molar-refractivity contribution is 0.284. The van der Waals surface area contributed by atoms with E-state index in [4.69, 9.17) is 5.73 Å². The van der Waals surface area contributed by atoms with E-state index >= 15 is 0 Å². The molecule has 1 saturated heterocycles. The van der Waals surface area contributed by atoms with Crippen LogP contribution in [0.5, 0.6) is 0 Å².